The average molecular weight is 258 g/mol. The maximum absolute atomic E-state index is 5.63. The van der Waals surface area contributed by atoms with Crippen LogP contribution in [0.15, 0.2) is 24.3 Å². The number of anilines is 1. The lowest BCUT2D eigenvalue weighted by Crippen LogP contribution is -2.25. The number of aromatic nitrogens is 4. The van der Waals surface area contributed by atoms with E-state index in [1.807, 2.05) is 0 Å². The van der Waals surface area contributed by atoms with Crippen LogP contribution in [0.5, 0.6) is 0 Å². The van der Waals surface area contributed by atoms with Gasteiger partial charge in [-0.25, -0.2) is 0 Å². The van der Waals surface area contributed by atoms with Gasteiger partial charge in [-0.05, 0) is 35.8 Å². The summed E-state index contributed by atoms with van der Waals surface area (Å²) < 4.78 is 0. The number of tetrazole rings is 1. The Morgan fingerprint density at radius 1 is 1.32 bits per heavy atom. The first-order valence-corrected chi connectivity index (χ1v) is 6.55. The zero-order chi connectivity index (χ0) is 13.2. The summed E-state index contributed by atoms with van der Waals surface area (Å²) in [6, 6.07) is 9.00. The van der Waals surface area contributed by atoms with Gasteiger partial charge in [0, 0.05) is 18.3 Å². The minimum atomic E-state index is 0.579. The van der Waals surface area contributed by atoms with Gasteiger partial charge in [-0.1, -0.05) is 12.1 Å². The third-order valence-electron chi connectivity index (χ3n) is 3.35. The van der Waals surface area contributed by atoms with Crippen molar-refractivity contribution in [3.63, 3.8) is 0 Å². The molecule has 2 N–H and O–H groups in total. The summed E-state index contributed by atoms with van der Waals surface area (Å²) in [6.07, 6.45) is 2.47. The molecule has 0 amide bonds. The van der Waals surface area contributed by atoms with Gasteiger partial charge in [0.1, 0.15) is 0 Å². The van der Waals surface area contributed by atoms with Crippen LogP contribution < -0.4 is 10.6 Å². The highest BCUT2D eigenvalue weighted by molar-refractivity contribution is 5.49. The van der Waals surface area contributed by atoms with Crippen LogP contribution in [0.4, 0.5) is 5.69 Å². The van der Waals surface area contributed by atoms with Crippen molar-refractivity contribution in [3.8, 4) is 0 Å². The molecule has 100 valence electrons. The summed E-state index contributed by atoms with van der Waals surface area (Å²) >= 11 is 0. The maximum atomic E-state index is 5.63. The summed E-state index contributed by atoms with van der Waals surface area (Å²) in [7, 11) is 1.79. The Morgan fingerprint density at radius 3 is 2.58 bits per heavy atom. The molecule has 3 rings (SSSR count). The molecule has 19 heavy (non-hydrogen) atoms. The Kier molecular flexibility index (Phi) is 3.16. The lowest BCUT2D eigenvalue weighted by molar-refractivity contribution is 0.626. The van der Waals surface area contributed by atoms with Gasteiger partial charge in [-0.3, -0.25) is 0 Å². The van der Waals surface area contributed by atoms with Crippen LogP contribution in [-0.4, -0.2) is 26.2 Å². The van der Waals surface area contributed by atoms with E-state index in [2.05, 4.69) is 44.6 Å². The smallest absolute Gasteiger partial charge is 0.193 e. The van der Waals surface area contributed by atoms with Gasteiger partial charge >= 0.3 is 0 Å². The Hall–Kier alpha value is -1.95. The Bertz CT molecular complexity index is 543. The summed E-state index contributed by atoms with van der Waals surface area (Å²) in [6.45, 7) is 1.29. The van der Waals surface area contributed by atoms with E-state index in [4.69, 9.17) is 5.73 Å². The molecule has 0 atom stereocenters. The lowest BCUT2D eigenvalue weighted by atomic mass is 10.2. The molecule has 6 heteroatoms. The van der Waals surface area contributed by atoms with Crippen molar-refractivity contribution in [2.75, 3.05) is 4.90 Å². The van der Waals surface area contributed by atoms with Gasteiger partial charge in [-0.15, -0.1) is 10.2 Å². The summed E-state index contributed by atoms with van der Waals surface area (Å²) in [5, 5.41) is 12.2. The minimum Gasteiger partial charge on any atom is -0.361 e. The van der Waals surface area contributed by atoms with Crippen molar-refractivity contribution >= 4 is 5.69 Å². The van der Waals surface area contributed by atoms with Gasteiger partial charge in [0.05, 0.1) is 13.6 Å². The number of benzene rings is 1. The van der Waals surface area contributed by atoms with E-state index < -0.39 is 0 Å². The SMILES string of the molecule is Cn1nnc(CN(c2ccc(CN)cc2)C2CC2)n1. The molecule has 6 nitrogen and oxygen atoms in total. The highest BCUT2D eigenvalue weighted by Crippen LogP contribution is 2.32. The largest absolute Gasteiger partial charge is 0.361 e. The lowest BCUT2D eigenvalue weighted by Gasteiger charge is -2.23. The fourth-order valence-corrected chi connectivity index (χ4v) is 2.18. The number of hydrogen-bond donors (Lipinski definition) is 1. The molecular weight excluding hydrogens is 240 g/mol. The third kappa shape index (κ3) is 2.73. The molecule has 0 unspecified atom stereocenters. The predicted molar refractivity (Wildman–Crippen MR) is 72.3 cm³/mol. The average Bonchev–Trinajstić information content (AvgIpc) is 3.20. The molecule has 1 heterocycles. The second kappa shape index (κ2) is 4.97. The zero-order valence-electron chi connectivity index (χ0n) is 11.0. The molecule has 1 aromatic carbocycles. The number of nitrogens with zero attached hydrogens (tertiary/aromatic N) is 5. The van der Waals surface area contributed by atoms with Crippen molar-refractivity contribution in [2.45, 2.75) is 32.0 Å². The minimum absolute atomic E-state index is 0.579. The summed E-state index contributed by atoms with van der Waals surface area (Å²) in [5.41, 5.74) is 7.98. The molecule has 1 aromatic heterocycles. The van der Waals surface area contributed by atoms with Crippen molar-refractivity contribution in [1.82, 2.24) is 20.2 Å². The predicted octanol–water partition coefficient (Wildman–Crippen LogP) is 0.838. The van der Waals surface area contributed by atoms with E-state index in [0.717, 1.165) is 11.4 Å². The number of rotatable bonds is 5. The van der Waals surface area contributed by atoms with E-state index in [1.54, 1.807) is 7.05 Å². The molecule has 2 aromatic rings. The molecule has 1 fully saturated rings. The normalized spacial score (nSPS) is 14.6. The molecule has 1 aliphatic carbocycles. The van der Waals surface area contributed by atoms with Crippen molar-refractivity contribution in [1.29, 1.82) is 0 Å². The Balaban J connectivity index is 1.79. The topological polar surface area (TPSA) is 72.9 Å². The summed E-state index contributed by atoms with van der Waals surface area (Å²) in [5.74, 6) is 0.761. The standard InChI is InChI=1S/C13H18N6/c1-18-16-13(15-17-18)9-19(12-6-7-12)11-4-2-10(8-14)3-5-11/h2-5,12H,6-9,14H2,1H3. The van der Waals surface area contributed by atoms with E-state index in [9.17, 15) is 0 Å². The maximum Gasteiger partial charge on any atom is 0.193 e. The van der Waals surface area contributed by atoms with Gasteiger partial charge in [0.2, 0.25) is 0 Å². The molecule has 0 bridgehead atoms. The molecule has 0 radical (unpaired) electrons. The van der Waals surface area contributed by atoms with Crippen LogP contribution >= 0.6 is 0 Å². The highest BCUT2D eigenvalue weighted by atomic mass is 15.6. The van der Waals surface area contributed by atoms with E-state index >= 15 is 0 Å². The van der Waals surface area contributed by atoms with Crippen molar-refractivity contribution < 1.29 is 0 Å². The quantitative estimate of drug-likeness (QED) is 0.860. The summed E-state index contributed by atoms with van der Waals surface area (Å²) in [4.78, 5) is 3.84. The Labute approximate surface area is 112 Å². The molecule has 0 saturated heterocycles. The van der Waals surface area contributed by atoms with Gasteiger partial charge < -0.3 is 10.6 Å². The first kappa shape index (κ1) is 12.1. The zero-order valence-corrected chi connectivity index (χ0v) is 11.0. The molecular formula is C13H18N6. The first-order valence-electron chi connectivity index (χ1n) is 6.55. The Morgan fingerprint density at radius 2 is 2.05 bits per heavy atom. The van der Waals surface area contributed by atoms with E-state index in [-0.39, 0.29) is 0 Å². The monoisotopic (exact) mass is 258 g/mol. The number of hydrogen-bond acceptors (Lipinski definition) is 5. The van der Waals surface area contributed by atoms with Gasteiger partial charge in [0.15, 0.2) is 5.82 Å². The van der Waals surface area contributed by atoms with E-state index in [1.165, 1.54) is 23.3 Å². The van der Waals surface area contributed by atoms with Crippen LogP contribution in [0.3, 0.4) is 0 Å². The highest BCUT2D eigenvalue weighted by Gasteiger charge is 2.30. The molecule has 1 saturated carbocycles. The van der Waals surface area contributed by atoms with Crippen molar-refractivity contribution in [2.24, 2.45) is 12.8 Å². The van der Waals surface area contributed by atoms with Gasteiger partial charge in [-0.2, -0.15) is 4.80 Å². The van der Waals surface area contributed by atoms with Gasteiger partial charge in [0.25, 0.3) is 0 Å². The second-order valence-corrected chi connectivity index (χ2v) is 4.92. The number of nitrogens with two attached hydrogens (primary N) is 1. The second-order valence-electron chi connectivity index (χ2n) is 4.92. The van der Waals surface area contributed by atoms with Crippen LogP contribution in [0.2, 0.25) is 0 Å². The van der Waals surface area contributed by atoms with E-state index in [0.29, 0.717) is 19.1 Å². The van der Waals surface area contributed by atoms with Crippen LogP contribution in [0, 0.1) is 0 Å². The molecule has 1 aliphatic rings. The molecule has 0 aliphatic heterocycles. The van der Waals surface area contributed by atoms with Crippen LogP contribution in [-0.2, 0) is 20.1 Å². The van der Waals surface area contributed by atoms with Crippen LogP contribution in [0.25, 0.3) is 0 Å². The van der Waals surface area contributed by atoms with Crippen molar-refractivity contribution in [3.05, 3.63) is 35.7 Å². The fourth-order valence-electron chi connectivity index (χ4n) is 2.18. The fraction of sp³-hybridized carbons (Fsp3) is 0.462. The first-order chi connectivity index (χ1) is 9.26. The molecule has 0 spiro atoms. The third-order valence-corrected chi connectivity index (χ3v) is 3.35. The number of aryl methyl sites for hydroxylation is 1. The van der Waals surface area contributed by atoms with Crippen LogP contribution in [0.1, 0.15) is 24.2 Å².